The minimum absolute atomic E-state index is 0.258. The lowest BCUT2D eigenvalue weighted by atomic mass is 10.1. The van der Waals surface area contributed by atoms with Crippen LogP contribution in [0.1, 0.15) is 19.8 Å². The number of unbranched alkanes of at least 4 members (excludes halogenated alkanes) is 1. The number of nitrogens with zero attached hydrogens (tertiary/aromatic N) is 2. The summed E-state index contributed by atoms with van der Waals surface area (Å²) in [4.78, 5) is 0.258. The standard InChI is InChI=1S/C23H22ClN3O2S/c1-2-3-15-27(30(28,29)18-9-5-4-6-10-18)22-14-13-17(24)16-20(22)23-19-11-7-8-12-21(19)25-26-23/h4-14,16H,2-3,15H2,1H3,(H,25,26). The van der Waals surface area contributed by atoms with Crippen molar-refractivity contribution in [2.75, 3.05) is 10.8 Å². The Kier molecular flexibility index (Phi) is 5.79. The van der Waals surface area contributed by atoms with Gasteiger partial charge >= 0.3 is 0 Å². The Morgan fingerprint density at radius 1 is 1.00 bits per heavy atom. The van der Waals surface area contributed by atoms with Crippen LogP contribution in [-0.4, -0.2) is 25.2 Å². The summed E-state index contributed by atoms with van der Waals surface area (Å²) in [6, 6.07) is 21.5. The lowest BCUT2D eigenvalue weighted by Crippen LogP contribution is -2.32. The highest BCUT2D eigenvalue weighted by Crippen LogP contribution is 2.38. The van der Waals surface area contributed by atoms with Gasteiger partial charge in [0.05, 0.1) is 16.1 Å². The Bertz CT molecular complexity index is 1270. The Morgan fingerprint density at radius 3 is 2.50 bits per heavy atom. The topological polar surface area (TPSA) is 66.1 Å². The van der Waals surface area contributed by atoms with Crippen LogP contribution in [0.3, 0.4) is 0 Å². The van der Waals surface area contributed by atoms with Crippen molar-refractivity contribution in [1.82, 2.24) is 10.2 Å². The van der Waals surface area contributed by atoms with Crippen LogP contribution in [0, 0.1) is 0 Å². The quantitative estimate of drug-likeness (QED) is 0.391. The molecule has 0 saturated carbocycles. The van der Waals surface area contributed by atoms with Crippen LogP contribution >= 0.6 is 11.6 Å². The second-order valence-electron chi connectivity index (χ2n) is 7.02. The van der Waals surface area contributed by atoms with Gasteiger partial charge in [-0.15, -0.1) is 0 Å². The summed E-state index contributed by atoms with van der Waals surface area (Å²) in [5.74, 6) is 0. The Balaban J connectivity index is 1.92. The number of hydrogen-bond acceptors (Lipinski definition) is 3. The zero-order valence-corrected chi connectivity index (χ0v) is 18.1. The number of aromatic nitrogens is 2. The van der Waals surface area contributed by atoms with Crippen molar-refractivity contribution in [2.45, 2.75) is 24.7 Å². The van der Waals surface area contributed by atoms with Crippen molar-refractivity contribution in [3.05, 3.63) is 77.8 Å². The fraction of sp³-hybridized carbons (Fsp3) is 0.174. The number of para-hydroxylation sites is 1. The van der Waals surface area contributed by atoms with E-state index < -0.39 is 10.0 Å². The number of benzene rings is 3. The average molecular weight is 440 g/mol. The van der Waals surface area contributed by atoms with Crippen molar-refractivity contribution in [1.29, 1.82) is 0 Å². The SMILES string of the molecule is CCCCN(c1ccc(Cl)cc1-c1n[nH]c2ccccc12)S(=O)(=O)c1ccccc1. The molecular formula is C23H22ClN3O2S. The van der Waals surface area contributed by atoms with Gasteiger partial charge in [0.15, 0.2) is 0 Å². The van der Waals surface area contributed by atoms with Gasteiger partial charge in [-0.1, -0.05) is 61.3 Å². The summed E-state index contributed by atoms with van der Waals surface area (Å²) in [6.07, 6.45) is 1.60. The highest BCUT2D eigenvalue weighted by Gasteiger charge is 2.27. The molecule has 1 heterocycles. The summed E-state index contributed by atoms with van der Waals surface area (Å²) < 4.78 is 28.6. The molecule has 0 fully saturated rings. The Labute approximate surface area is 181 Å². The molecule has 0 radical (unpaired) electrons. The number of sulfonamides is 1. The van der Waals surface area contributed by atoms with Crippen molar-refractivity contribution < 1.29 is 8.42 Å². The van der Waals surface area contributed by atoms with Gasteiger partial charge in [0.1, 0.15) is 5.69 Å². The minimum Gasteiger partial charge on any atom is -0.277 e. The van der Waals surface area contributed by atoms with Crippen LogP contribution in [0.15, 0.2) is 77.7 Å². The molecule has 30 heavy (non-hydrogen) atoms. The van der Waals surface area contributed by atoms with Crippen molar-refractivity contribution in [2.24, 2.45) is 0 Å². The number of hydrogen-bond donors (Lipinski definition) is 1. The highest BCUT2D eigenvalue weighted by atomic mass is 35.5. The van der Waals surface area contributed by atoms with E-state index in [2.05, 4.69) is 10.2 Å². The zero-order valence-electron chi connectivity index (χ0n) is 16.5. The number of halogens is 1. The summed E-state index contributed by atoms with van der Waals surface area (Å²) in [5.41, 5.74) is 2.79. The molecule has 0 amide bonds. The lowest BCUT2D eigenvalue weighted by molar-refractivity contribution is 0.588. The molecule has 1 N–H and O–H groups in total. The highest BCUT2D eigenvalue weighted by molar-refractivity contribution is 7.92. The van der Waals surface area contributed by atoms with Gasteiger partial charge in [-0.25, -0.2) is 8.42 Å². The molecular weight excluding hydrogens is 418 g/mol. The monoisotopic (exact) mass is 439 g/mol. The molecule has 4 aromatic rings. The molecule has 0 aliphatic heterocycles. The molecule has 0 atom stereocenters. The van der Waals surface area contributed by atoms with E-state index in [1.54, 1.807) is 48.5 Å². The normalized spacial score (nSPS) is 11.7. The third-order valence-corrected chi connectivity index (χ3v) is 7.06. The zero-order chi connectivity index (χ0) is 21.1. The summed E-state index contributed by atoms with van der Waals surface area (Å²) in [5, 5.41) is 8.94. The fourth-order valence-electron chi connectivity index (χ4n) is 3.48. The van der Waals surface area contributed by atoms with E-state index in [4.69, 9.17) is 11.6 Å². The Hall–Kier alpha value is -2.83. The second-order valence-corrected chi connectivity index (χ2v) is 9.32. The first-order chi connectivity index (χ1) is 14.5. The molecule has 0 spiro atoms. The average Bonchev–Trinajstić information content (AvgIpc) is 3.19. The number of aromatic amines is 1. The van der Waals surface area contributed by atoms with Crippen molar-refractivity contribution >= 4 is 38.2 Å². The van der Waals surface area contributed by atoms with Crippen LogP contribution in [0.5, 0.6) is 0 Å². The molecule has 3 aromatic carbocycles. The fourth-order valence-corrected chi connectivity index (χ4v) is 5.19. The first-order valence-corrected chi connectivity index (χ1v) is 11.6. The number of nitrogens with one attached hydrogen (secondary N) is 1. The summed E-state index contributed by atoms with van der Waals surface area (Å²) in [7, 11) is -3.75. The molecule has 0 saturated heterocycles. The molecule has 154 valence electrons. The van der Waals surface area contributed by atoms with Crippen LogP contribution in [0.25, 0.3) is 22.2 Å². The van der Waals surface area contributed by atoms with Gasteiger partial charge in [0.2, 0.25) is 0 Å². The van der Waals surface area contributed by atoms with Crippen LogP contribution in [0.2, 0.25) is 5.02 Å². The van der Waals surface area contributed by atoms with E-state index in [0.717, 1.165) is 23.7 Å². The first-order valence-electron chi connectivity index (χ1n) is 9.83. The maximum absolute atomic E-state index is 13.6. The predicted molar refractivity (Wildman–Crippen MR) is 122 cm³/mol. The van der Waals surface area contributed by atoms with Gasteiger partial charge in [-0.05, 0) is 42.8 Å². The van der Waals surface area contributed by atoms with E-state index in [0.29, 0.717) is 28.5 Å². The van der Waals surface area contributed by atoms with Crippen LogP contribution < -0.4 is 4.31 Å². The largest absolute Gasteiger partial charge is 0.277 e. The lowest BCUT2D eigenvalue weighted by Gasteiger charge is -2.26. The van der Waals surface area contributed by atoms with Gasteiger partial charge in [0, 0.05) is 22.5 Å². The third kappa shape index (κ3) is 3.80. The van der Waals surface area contributed by atoms with Gasteiger partial charge in [-0.3, -0.25) is 9.40 Å². The number of anilines is 1. The summed E-state index contributed by atoms with van der Waals surface area (Å²) >= 11 is 6.32. The van der Waals surface area contributed by atoms with Crippen molar-refractivity contribution in [3.63, 3.8) is 0 Å². The molecule has 1 aromatic heterocycles. The maximum atomic E-state index is 13.6. The molecule has 4 rings (SSSR count). The Morgan fingerprint density at radius 2 is 1.73 bits per heavy atom. The van der Waals surface area contributed by atoms with Crippen molar-refractivity contribution in [3.8, 4) is 11.3 Å². The number of rotatable bonds is 7. The first kappa shape index (κ1) is 20.4. The smallest absolute Gasteiger partial charge is 0.264 e. The molecule has 7 heteroatoms. The third-order valence-electron chi connectivity index (χ3n) is 5.00. The van der Waals surface area contributed by atoms with E-state index in [1.165, 1.54) is 4.31 Å². The van der Waals surface area contributed by atoms with E-state index in [-0.39, 0.29) is 4.90 Å². The number of H-pyrrole nitrogens is 1. The predicted octanol–water partition coefficient (Wildman–Crippen LogP) is 5.88. The molecule has 0 aliphatic carbocycles. The van der Waals surface area contributed by atoms with E-state index in [1.807, 2.05) is 31.2 Å². The molecule has 5 nitrogen and oxygen atoms in total. The van der Waals surface area contributed by atoms with Gasteiger partial charge in [-0.2, -0.15) is 5.10 Å². The van der Waals surface area contributed by atoms with Gasteiger partial charge < -0.3 is 0 Å². The van der Waals surface area contributed by atoms with Crippen LogP contribution in [-0.2, 0) is 10.0 Å². The number of fused-ring (bicyclic) bond motifs is 1. The summed E-state index contributed by atoms with van der Waals surface area (Å²) in [6.45, 7) is 2.40. The molecule has 0 bridgehead atoms. The van der Waals surface area contributed by atoms with E-state index in [9.17, 15) is 8.42 Å². The minimum atomic E-state index is -3.75. The molecule has 0 unspecified atom stereocenters. The van der Waals surface area contributed by atoms with E-state index >= 15 is 0 Å². The van der Waals surface area contributed by atoms with Crippen LogP contribution in [0.4, 0.5) is 5.69 Å². The maximum Gasteiger partial charge on any atom is 0.264 e. The second kappa shape index (κ2) is 8.50. The molecule has 0 aliphatic rings. The van der Waals surface area contributed by atoms with Gasteiger partial charge in [0.25, 0.3) is 10.0 Å².